The van der Waals surface area contributed by atoms with E-state index in [0.29, 0.717) is 5.56 Å². The molecule has 9 heteroatoms. The number of hydrogen-bond acceptors (Lipinski definition) is 5. The van der Waals surface area contributed by atoms with Crippen LogP contribution in [0.5, 0.6) is 0 Å². The second kappa shape index (κ2) is 5.64. The molecule has 0 aliphatic rings. The lowest BCUT2D eigenvalue weighted by Crippen LogP contribution is -2.15. The molecule has 0 spiro atoms. The van der Waals surface area contributed by atoms with Crippen LogP contribution < -0.4 is 5.32 Å². The molecule has 2 rings (SSSR count). The lowest BCUT2D eigenvalue weighted by Gasteiger charge is -2.06. The van der Waals surface area contributed by atoms with E-state index in [-0.39, 0.29) is 22.6 Å². The highest BCUT2D eigenvalue weighted by Gasteiger charge is 2.19. The van der Waals surface area contributed by atoms with Crippen LogP contribution in [0.2, 0.25) is 0 Å². The summed E-state index contributed by atoms with van der Waals surface area (Å²) in [5.74, 6) is -1.80. The van der Waals surface area contributed by atoms with Crippen molar-refractivity contribution in [1.82, 2.24) is 9.78 Å². The number of aromatic carboxylic acids is 1. The predicted molar refractivity (Wildman–Crippen MR) is 76.0 cm³/mol. The van der Waals surface area contributed by atoms with Crippen LogP contribution in [0, 0.1) is 17.0 Å². The summed E-state index contributed by atoms with van der Waals surface area (Å²) in [5, 5.41) is 26.0. The van der Waals surface area contributed by atoms with E-state index in [1.165, 1.54) is 38.4 Å². The van der Waals surface area contributed by atoms with Gasteiger partial charge in [0, 0.05) is 24.2 Å². The zero-order chi connectivity index (χ0) is 16.4. The molecule has 114 valence electrons. The van der Waals surface area contributed by atoms with Crippen LogP contribution >= 0.6 is 0 Å². The molecule has 1 amide bonds. The second-order valence-electron chi connectivity index (χ2n) is 4.55. The van der Waals surface area contributed by atoms with Gasteiger partial charge in [-0.15, -0.1) is 0 Å². The summed E-state index contributed by atoms with van der Waals surface area (Å²) in [5.41, 5.74) is 0.317. The number of nitro benzene ring substituents is 1. The van der Waals surface area contributed by atoms with Gasteiger partial charge in [-0.3, -0.25) is 19.6 Å². The van der Waals surface area contributed by atoms with Gasteiger partial charge in [0.05, 0.1) is 16.8 Å². The molecule has 0 bridgehead atoms. The van der Waals surface area contributed by atoms with E-state index in [4.69, 9.17) is 5.11 Å². The first-order chi connectivity index (χ1) is 10.3. The van der Waals surface area contributed by atoms with Crippen LogP contribution in [0.4, 0.5) is 11.4 Å². The number of nitrogens with zero attached hydrogens (tertiary/aromatic N) is 3. The molecule has 0 radical (unpaired) electrons. The van der Waals surface area contributed by atoms with Gasteiger partial charge in [-0.05, 0) is 19.1 Å². The Kier molecular flexibility index (Phi) is 3.89. The number of rotatable bonds is 4. The Hall–Kier alpha value is -3.23. The number of nitrogens with one attached hydrogen (secondary N) is 1. The van der Waals surface area contributed by atoms with E-state index in [1.54, 1.807) is 0 Å². The summed E-state index contributed by atoms with van der Waals surface area (Å²) in [6.07, 6.45) is 1.22. The molecular formula is C13H12N4O5. The Bertz CT molecular complexity index is 781. The quantitative estimate of drug-likeness (QED) is 0.652. The van der Waals surface area contributed by atoms with Crippen molar-refractivity contribution < 1.29 is 19.6 Å². The standard InChI is InChI=1S/C13H12N4O5/c1-7-5-8(3-4-10(7)17(21)22)12(18)15-9-6-14-16(2)11(9)13(19)20/h3-6H,1-2H3,(H,15,18)(H,19,20). The molecule has 1 aromatic carbocycles. The smallest absolute Gasteiger partial charge is 0.356 e. The lowest BCUT2D eigenvalue weighted by molar-refractivity contribution is -0.385. The van der Waals surface area contributed by atoms with Crippen molar-refractivity contribution in [3.63, 3.8) is 0 Å². The minimum atomic E-state index is -1.23. The van der Waals surface area contributed by atoms with E-state index in [2.05, 4.69) is 10.4 Å². The summed E-state index contributed by atoms with van der Waals surface area (Å²) in [6.45, 7) is 1.52. The topological polar surface area (TPSA) is 127 Å². The maximum Gasteiger partial charge on any atom is 0.356 e. The summed E-state index contributed by atoms with van der Waals surface area (Å²) < 4.78 is 1.12. The number of carboxylic acid groups (broad SMARTS) is 1. The van der Waals surface area contributed by atoms with E-state index >= 15 is 0 Å². The SMILES string of the molecule is Cc1cc(C(=O)Nc2cnn(C)c2C(=O)O)ccc1[N+](=O)[O-]. The molecule has 9 nitrogen and oxygen atoms in total. The molecule has 1 heterocycles. The highest BCUT2D eigenvalue weighted by atomic mass is 16.6. The second-order valence-corrected chi connectivity index (χ2v) is 4.55. The molecule has 2 aromatic rings. The van der Waals surface area contributed by atoms with Crippen LogP contribution in [0.3, 0.4) is 0 Å². The van der Waals surface area contributed by atoms with Gasteiger partial charge in [0.2, 0.25) is 0 Å². The number of hydrogen-bond donors (Lipinski definition) is 2. The normalized spacial score (nSPS) is 10.3. The number of amides is 1. The van der Waals surface area contributed by atoms with Gasteiger partial charge in [-0.2, -0.15) is 5.10 Å². The van der Waals surface area contributed by atoms with Crippen LogP contribution in [0.15, 0.2) is 24.4 Å². The Labute approximate surface area is 124 Å². The van der Waals surface area contributed by atoms with Gasteiger partial charge in [-0.1, -0.05) is 0 Å². The van der Waals surface area contributed by atoms with Crippen molar-refractivity contribution in [2.45, 2.75) is 6.92 Å². The van der Waals surface area contributed by atoms with Gasteiger partial charge in [0.1, 0.15) is 0 Å². The average molecular weight is 304 g/mol. The molecular weight excluding hydrogens is 292 g/mol. The zero-order valence-electron chi connectivity index (χ0n) is 11.7. The van der Waals surface area contributed by atoms with Gasteiger partial charge < -0.3 is 10.4 Å². The first kappa shape index (κ1) is 15.2. The molecule has 22 heavy (non-hydrogen) atoms. The monoisotopic (exact) mass is 304 g/mol. The minimum absolute atomic E-state index is 0.0519. The summed E-state index contributed by atoms with van der Waals surface area (Å²) in [7, 11) is 1.44. The molecule has 0 aliphatic heterocycles. The third kappa shape index (κ3) is 2.77. The minimum Gasteiger partial charge on any atom is -0.476 e. The number of carboxylic acids is 1. The van der Waals surface area contributed by atoms with E-state index < -0.39 is 16.8 Å². The Morgan fingerprint density at radius 3 is 2.64 bits per heavy atom. The van der Waals surface area contributed by atoms with E-state index in [0.717, 1.165) is 4.68 Å². The van der Waals surface area contributed by atoms with Gasteiger partial charge in [0.25, 0.3) is 11.6 Å². The number of carbonyl (C=O) groups is 2. The number of aryl methyl sites for hydroxylation is 2. The molecule has 0 aliphatic carbocycles. The van der Waals surface area contributed by atoms with Gasteiger partial charge >= 0.3 is 5.97 Å². The molecule has 0 atom stereocenters. The number of benzene rings is 1. The van der Waals surface area contributed by atoms with Gasteiger partial charge in [-0.25, -0.2) is 4.79 Å². The largest absolute Gasteiger partial charge is 0.476 e. The van der Waals surface area contributed by atoms with Crippen LogP contribution in [0.25, 0.3) is 0 Å². The van der Waals surface area contributed by atoms with Crippen molar-refractivity contribution in [3.8, 4) is 0 Å². The first-order valence-corrected chi connectivity index (χ1v) is 6.13. The third-order valence-electron chi connectivity index (χ3n) is 3.05. The summed E-state index contributed by atoms with van der Waals surface area (Å²) in [6, 6.07) is 3.90. The van der Waals surface area contributed by atoms with Crippen molar-refractivity contribution >= 4 is 23.3 Å². The van der Waals surface area contributed by atoms with Crippen molar-refractivity contribution in [3.05, 3.63) is 51.3 Å². The van der Waals surface area contributed by atoms with Crippen molar-refractivity contribution in [2.24, 2.45) is 7.05 Å². The summed E-state index contributed by atoms with van der Waals surface area (Å²) >= 11 is 0. The van der Waals surface area contributed by atoms with E-state index in [9.17, 15) is 19.7 Å². The molecule has 0 saturated heterocycles. The maximum atomic E-state index is 12.1. The Morgan fingerprint density at radius 2 is 2.09 bits per heavy atom. The summed E-state index contributed by atoms with van der Waals surface area (Å²) in [4.78, 5) is 33.4. The first-order valence-electron chi connectivity index (χ1n) is 6.13. The van der Waals surface area contributed by atoms with E-state index in [1.807, 2.05) is 0 Å². The highest BCUT2D eigenvalue weighted by Crippen LogP contribution is 2.20. The van der Waals surface area contributed by atoms with Crippen molar-refractivity contribution in [1.29, 1.82) is 0 Å². The van der Waals surface area contributed by atoms with Gasteiger partial charge in [0.15, 0.2) is 5.69 Å². The highest BCUT2D eigenvalue weighted by molar-refractivity contribution is 6.07. The lowest BCUT2D eigenvalue weighted by atomic mass is 10.1. The third-order valence-corrected chi connectivity index (χ3v) is 3.05. The molecule has 0 unspecified atom stereocenters. The fourth-order valence-electron chi connectivity index (χ4n) is 1.98. The fourth-order valence-corrected chi connectivity index (χ4v) is 1.98. The zero-order valence-corrected chi connectivity index (χ0v) is 11.7. The number of carbonyl (C=O) groups excluding carboxylic acids is 1. The molecule has 1 aromatic heterocycles. The van der Waals surface area contributed by atoms with Crippen LogP contribution in [0.1, 0.15) is 26.4 Å². The Balaban J connectivity index is 2.29. The molecule has 0 saturated carbocycles. The number of aromatic nitrogens is 2. The predicted octanol–water partition coefficient (Wildman–Crippen LogP) is 1.59. The average Bonchev–Trinajstić information content (AvgIpc) is 2.79. The fraction of sp³-hybridized carbons (Fsp3) is 0.154. The molecule has 2 N–H and O–H groups in total. The van der Waals surface area contributed by atoms with Crippen molar-refractivity contribution in [2.75, 3.05) is 5.32 Å². The maximum absolute atomic E-state index is 12.1. The number of nitro groups is 1. The van der Waals surface area contributed by atoms with Crippen LogP contribution in [-0.2, 0) is 7.05 Å². The number of anilines is 1. The Morgan fingerprint density at radius 1 is 1.41 bits per heavy atom. The molecule has 0 fully saturated rings. The van der Waals surface area contributed by atoms with Crippen LogP contribution in [-0.4, -0.2) is 31.7 Å².